The van der Waals surface area contributed by atoms with Gasteiger partial charge in [0.1, 0.15) is 12.4 Å². The molecule has 0 heterocycles. The Hall–Kier alpha value is -2.84. The summed E-state index contributed by atoms with van der Waals surface area (Å²) in [6, 6.07) is 15.5. The highest BCUT2D eigenvalue weighted by molar-refractivity contribution is 5.77. The highest BCUT2D eigenvalue weighted by atomic mass is 16.5. The van der Waals surface area contributed by atoms with Gasteiger partial charge in [0, 0.05) is 6.54 Å². The number of amides is 1. The zero-order valence-corrected chi connectivity index (χ0v) is 15.6. The van der Waals surface area contributed by atoms with Crippen LogP contribution in [0.5, 0.6) is 5.75 Å². The van der Waals surface area contributed by atoms with Crippen LogP contribution >= 0.6 is 0 Å². The van der Waals surface area contributed by atoms with Crippen molar-refractivity contribution in [3.05, 3.63) is 64.7 Å². The summed E-state index contributed by atoms with van der Waals surface area (Å²) in [5.74, 6) is 0.853. The van der Waals surface area contributed by atoms with Crippen molar-refractivity contribution < 1.29 is 9.53 Å². The number of para-hydroxylation sites is 1. The van der Waals surface area contributed by atoms with Crippen LogP contribution in [-0.2, 0) is 11.3 Å². The molecule has 0 aliphatic heterocycles. The summed E-state index contributed by atoms with van der Waals surface area (Å²) in [6.45, 7) is 5.90. The fraction of sp³-hybridized carbons (Fsp3) is 0.333. The average Bonchev–Trinajstić information content (AvgIpc) is 2.61. The van der Waals surface area contributed by atoms with Gasteiger partial charge >= 0.3 is 0 Å². The third-order valence-electron chi connectivity index (χ3n) is 4.03. The van der Waals surface area contributed by atoms with Crippen LogP contribution in [0.3, 0.4) is 0 Å². The van der Waals surface area contributed by atoms with Gasteiger partial charge in [0.2, 0.25) is 5.91 Å². The van der Waals surface area contributed by atoms with Gasteiger partial charge in [-0.25, -0.2) is 0 Å². The minimum atomic E-state index is -0.0359. The quantitative estimate of drug-likeness (QED) is 0.743. The van der Waals surface area contributed by atoms with Gasteiger partial charge in [-0.15, -0.1) is 0 Å². The summed E-state index contributed by atoms with van der Waals surface area (Å²) in [7, 11) is 1.89. The molecule has 0 radical (unpaired) electrons. The second-order valence-electron chi connectivity index (χ2n) is 6.40. The number of nitrogens with one attached hydrogen (secondary N) is 1. The van der Waals surface area contributed by atoms with Crippen molar-refractivity contribution in [1.29, 1.82) is 5.26 Å². The predicted octanol–water partition coefficient (Wildman–Crippen LogP) is 2.80. The molecule has 0 bridgehead atoms. The van der Waals surface area contributed by atoms with Gasteiger partial charge in [-0.1, -0.05) is 30.3 Å². The number of nitriles is 1. The van der Waals surface area contributed by atoms with Crippen LogP contribution in [0.25, 0.3) is 0 Å². The average molecular weight is 351 g/mol. The van der Waals surface area contributed by atoms with Gasteiger partial charge in [0.15, 0.2) is 0 Å². The van der Waals surface area contributed by atoms with Crippen LogP contribution in [0.4, 0.5) is 0 Å². The molecule has 0 aromatic heterocycles. The van der Waals surface area contributed by atoms with Crippen molar-refractivity contribution >= 4 is 5.91 Å². The lowest BCUT2D eigenvalue weighted by molar-refractivity contribution is -0.122. The van der Waals surface area contributed by atoms with Crippen LogP contribution in [0.15, 0.2) is 42.5 Å². The molecule has 0 spiro atoms. The van der Waals surface area contributed by atoms with Crippen LogP contribution in [0, 0.1) is 25.2 Å². The van der Waals surface area contributed by atoms with E-state index in [2.05, 4.69) is 11.4 Å². The fourth-order valence-electron chi connectivity index (χ4n) is 2.72. The Balaban J connectivity index is 1.70. The molecule has 0 atom stereocenters. The van der Waals surface area contributed by atoms with E-state index in [0.29, 0.717) is 31.8 Å². The molecule has 26 heavy (non-hydrogen) atoms. The Kier molecular flexibility index (Phi) is 7.19. The molecule has 1 amide bonds. The molecular weight excluding hydrogens is 326 g/mol. The normalized spacial score (nSPS) is 10.4. The first-order chi connectivity index (χ1) is 12.5. The largest absolute Gasteiger partial charge is 0.491 e. The van der Waals surface area contributed by atoms with Crippen LogP contribution in [0.2, 0.25) is 0 Å². The van der Waals surface area contributed by atoms with Gasteiger partial charge in [-0.05, 0) is 49.7 Å². The van der Waals surface area contributed by atoms with Crippen molar-refractivity contribution in [3.8, 4) is 11.8 Å². The van der Waals surface area contributed by atoms with E-state index in [0.717, 1.165) is 22.4 Å². The lowest BCUT2D eigenvalue weighted by Crippen LogP contribution is -2.36. The lowest BCUT2D eigenvalue weighted by atomic mass is 10.1. The van der Waals surface area contributed by atoms with E-state index < -0.39 is 0 Å². The molecule has 2 rings (SSSR count). The Labute approximate surface area is 155 Å². The fourth-order valence-corrected chi connectivity index (χ4v) is 2.72. The zero-order chi connectivity index (χ0) is 18.9. The predicted molar refractivity (Wildman–Crippen MR) is 102 cm³/mol. The summed E-state index contributed by atoms with van der Waals surface area (Å²) in [5, 5.41) is 11.7. The molecule has 5 heteroatoms. The summed E-state index contributed by atoms with van der Waals surface area (Å²) in [4.78, 5) is 14.0. The number of hydrogen-bond acceptors (Lipinski definition) is 4. The Morgan fingerprint density at radius 1 is 1.15 bits per heavy atom. The van der Waals surface area contributed by atoms with Crippen molar-refractivity contribution in [2.24, 2.45) is 0 Å². The second kappa shape index (κ2) is 9.59. The number of hydrogen-bond donors (Lipinski definition) is 1. The number of carbonyl (C=O) groups is 1. The van der Waals surface area contributed by atoms with Gasteiger partial charge in [-0.3, -0.25) is 9.69 Å². The van der Waals surface area contributed by atoms with Crippen LogP contribution < -0.4 is 10.1 Å². The molecule has 2 aromatic rings. The van der Waals surface area contributed by atoms with Gasteiger partial charge in [-0.2, -0.15) is 5.26 Å². The minimum absolute atomic E-state index is 0.0359. The number of rotatable bonds is 8. The van der Waals surface area contributed by atoms with E-state index in [9.17, 15) is 4.79 Å². The van der Waals surface area contributed by atoms with E-state index in [1.807, 2.05) is 56.1 Å². The molecule has 0 aliphatic rings. The van der Waals surface area contributed by atoms with Gasteiger partial charge in [0.05, 0.1) is 24.7 Å². The van der Waals surface area contributed by atoms with E-state index in [4.69, 9.17) is 10.00 Å². The molecule has 136 valence electrons. The molecule has 1 N–H and O–H groups in total. The number of likely N-dealkylation sites (N-methyl/N-ethyl adjacent to an activating group) is 1. The molecular formula is C21H25N3O2. The molecule has 0 saturated heterocycles. The van der Waals surface area contributed by atoms with Crippen molar-refractivity contribution in [2.75, 3.05) is 26.7 Å². The molecule has 0 unspecified atom stereocenters. The van der Waals surface area contributed by atoms with Crippen LogP contribution in [-0.4, -0.2) is 37.6 Å². The number of carbonyl (C=O) groups excluding carboxylic acids is 1. The topological polar surface area (TPSA) is 65.4 Å². The molecule has 0 aliphatic carbocycles. The Morgan fingerprint density at radius 3 is 2.42 bits per heavy atom. The first-order valence-corrected chi connectivity index (χ1v) is 8.63. The maximum absolute atomic E-state index is 12.0. The van der Waals surface area contributed by atoms with E-state index >= 15 is 0 Å². The smallest absolute Gasteiger partial charge is 0.234 e. The van der Waals surface area contributed by atoms with Crippen molar-refractivity contribution in [1.82, 2.24) is 10.2 Å². The molecule has 2 aromatic carbocycles. The maximum Gasteiger partial charge on any atom is 0.234 e. The first kappa shape index (κ1) is 19.5. The second-order valence-corrected chi connectivity index (χ2v) is 6.40. The standard InChI is InChI=1S/C21H25N3O2/c1-16-5-4-6-17(2)21(16)26-12-11-23-20(25)15-24(3)14-19-9-7-18(13-22)8-10-19/h4-10H,11-12,14-15H2,1-3H3,(H,23,25). The van der Waals surface area contributed by atoms with E-state index in [1.54, 1.807) is 12.1 Å². The highest BCUT2D eigenvalue weighted by Gasteiger charge is 2.08. The van der Waals surface area contributed by atoms with E-state index in [-0.39, 0.29) is 5.91 Å². The summed E-state index contributed by atoms with van der Waals surface area (Å²) in [6.07, 6.45) is 0. The molecule has 5 nitrogen and oxygen atoms in total. The van der Waals surface area contributed by atoms with Gasteiger partial charge < -0.3 is 10.1 Å². The maximum atomic E-state index is 12.0. The zero-order valence-electron chi connectivity index (χ0n) is 15.6. The Morgan fingerprint density at radius 2 is 1.81 bits per heavy atom. The lowest BCUT2D eigenvalue weighted by Gasteiger charge is -2.17. The van der Waals surface area contributed by atoms with Crippen molar-refractivity contribution in [3.63, 3.8) is 0 Å². The summed E-state index contributed by atoms with van der Waals surface area (Å²) < 4.78 is 5.79. The number of aryl methyl sites for hydroxylation is 2. The number of benzene rings is 2. The highest BCUT2D eigenvalue weighted by Crippen LogP contribution is 2.21. The third kappa shape index (κ3) is 5.91. The van der Waals surface area contributed by atoms with Gasteiger partial charge in [0.25, 0.3) is 0 Å². The van der Waals surface area contributed by atoms with Crippen molar-refractivity contribution in [2.45, 2.75) is 20.4 Å². The number of ether oxygens (including phenoxy) is 1. The van der Waals surface area contributed by atoms with E-state index in [1.165, 1.54) is 0 Å². The Bertz CT molecular complexity index is 759. The third-order valence-corrected chi connectivity index (χ3v) is 4.03. The monoisotopic (exact) mass is 351 g/mol. The first-order valence-electron chi connectivity index (χ1n) is 8.63. The SMILES string of the molecule is Cc1cccc(C)c1OCCNC(=O)CN(C)Cc1ccc(C#N)cc1. The summed E-state index contributed by atoms with van der Waals surface area (Å²) in [5.41, 5.74) is 3.90. The molecule has 0 saturated carbocycles. The number of nitrogens with zero attached hydrogens (tertiary/aromatic N) is 2. The molecule has 0 fully saturated rings. The minimum Gasteiger partial charge on any atom is -0.491 e. The van der Waals surface area contributed by atoms with Crippen LogP contribution in [0.1, 0.15) is 22.3 Å². The summed E-state index contributed by atoms with van der Waals surface area (Å²) >= 11 is 0.